The van der Waals surface area contributed by atoms with Crippen LogP contribution in [0.4, 0.5) is 13.2 Å². The summed E-state index contributed by atoms with van der Waals surface area (Å²) in [6.45, 7) is 7.09. The van der Waals surface area contributed by atoms with Gasteiger partial charge in [0.2, 0.25) is 0 Å². The number of alkyl halides is 3. The van der Waals surface area contributed by atoms with Crippen molar-refractivity contribution in [3.8, 4) is 0 Å². The van der Waals surface area contributed by atoms with Gasteiger partial charge in [-0.25, -0.2) is 0 Å². The highest BCUT2D eigenvalue weighted by atomic mass is 32.2. The van der Waals surface area contributed by atoms with Crippen LogP contribution < -0.4 is 0 Å². The fourth-order valence-corrected chi connectivity index (χ4v) is 1.84. The molecule has 0 radical (unpaired) electrons. The Morgan fingerprint density at radius 2 is 1.60 bits per heavy atom. The smallest absolute Gasteiger partial charge is 0.279 e. The van der Waals surface area contributed by atoms with E-state index in [1.165, 1.54) is 18.9 Å². The van der Waals surface area contributed by atoms with Crippen LogP contribution in [-0.4, -0.2) is 27.3 Å². The van der Waals surface area contributed by atoms with Crippen LogP contribution in [-0.2, 0) is 10.1 Å². The van der Waals surface area contributed by atoms with Crippen LogP contribution in [0.3, 0.4) is 0 Å². The van der Waals surface area contributed by atoms with Crippen LogP contribution in [0.5, 0.6) is 0 Å². The van der Waals surface area contributed by atoms with Crippen molar-refractivity contribution in [3.63, 3.8) is 0 Å². The van der Waals surface area contributed by atoms with Gasteiger partial charge < -0.3 is 0 Å². The second-order valence-electron chi connectivity index (χ2n) is 3.46. The van der Waals surface area contributed by atoms with E-state index in [1.807, 2.05) is 0 Å². The number of unbranched alkanes of at least 4 members (excludes halogenated alkanes) is 1. The first-order valence-electron chi connectivity index (χ1n) is 4.56. The fourth-order valence-electron chi connectivity index (χ4n) is 0.612. The SMILES string of the molecule is CCCC[SiH](C)C.O=S(=O)(O)C(F)(F)F. The fraction of sp³-hybridized carbons (Fsp3) is 1.00. The zero-order chi connectivity index (χ0) is 12.7. The molecule has 94 valence electrons. The molecule has 15 heavy (non-hydrogen) atoms. The maximum absolute atomic E-state index is 10.7. The number of hydrogen-bond acceptors (Lipinski definition) is 2. The molecule has 3 nitrogen and oxygen atoms in total. The molecule has 0 aliphatic heterocycles. The van der Waals surface area contributed by atoms with Crippen molar-refractivity contribution in [2.75, 3.05) is 0 Å². The highest BCUT2D eigenvalue weighted by Crippen LogP contribution is 2.20. The van der Waals surface area contributed by atoms with Crippen molar-refractivity contribution in [1.82, 2.24) is 0 Å². The zero-order valence-electron chi connectivity index (χ0n) is 9.00. The number of hydrogen-bond donors (Lipinski definition) is 1. The lowest BCUT2D eigenvalue weighted by Crippen LogP contribution is -2.21. The molecule has 0 spiro atoms. The van der Waals surface area contributed by atoms with Crippen LogP contribution in [0.15, 0.2) is 0 Å². The summed E-state index contributed by atoms with van der Waals surface area (Å²) in [5, 5.41) is 0. The summed E-state index contributed by atoms with van der Waals surface area (Å²) >= 11 is 0. The summed E-state index contributed by atoms with van der Waals surface area (Å²) in [6, 6.07) is 1.54. The second kappa shape index (κ2) is 7.23. The standard InChI is InChI=1S/C6H16Si.CHF3O3S/c1-4-5-6-7(2)3;2-1(3,4)8(5,6)7/h7H,4-6H2,1-3H3;(H,5,6,7). The average molecular weight is 266 g/mol. The summed E-state index contributed by atoms with van der Waals surface area (Å²) in [7, 11) is -6.03. The lowest BCUT2D eigenvalue weighted by atomic mass is 10.4. The van der Waals surface area contributed by atoms with Crippen molar-refractivity contribution in [2.45, 2.75) is 44.4 Å². The molecule has 0 aromatic carbocycles. The van der Waals surface area contributed by atoms with Crippen LogP contribution in [0.2, 0.25) is 19.1 Å². The molecular weight excluding hydrogens is 249 g/mol. The summed E-state index contributed by atoms with van der Waals surface area (Å²) in [4.78, 5) is 0. The lowest BCUT2D eigenvalue weighted by molar-refractivity contribution is -0.0510. The first-order chi connectivity index (χ1) is 6.52. The second-order valence-corrected chi connectivity index (χ2v) is 8.23. The van der Waals surface area contributed by atoms with Crippen molar-refractivity contribution >= 4 is 18.9 Å². The number of halogens is 3. The Bertz CT molecular complexity index is 249. The third-order valence-electron chi connectivity index (χ3n) is 1.43. The molecule has 0 bridgehead atoms. The van der Waals surface area contributed by atoms with E-state index in [2.05, 4.69) is 20.0 Å². The van der Waals surface area contributed by atoms with Gasteiger partial charge in [-0.3, -0.25) is 4.55 Å². The Hall–Kier alpha value is -0.0831. The Morgan fingerprint density at radius 1 is 1.27 bits per heavy atom. The van der Waals surface area contributed by atoms with Gasteiger partial charge in [-0.1, -0.05) is 38.9 Å². The van der Waals surface area contributed by atoms with E-state index in [9.17, 15) is 13.2 Å². The molecule has 0 rings (SSSR count). The van der Waals surface area contributed by atoms with Crippen LogP contribution >= 0.6 is 0 Å². The molecule has 0 saturated carbocycles. The van der Waals surface area contributed by atoms with E-state index in [1.54, 1.807) is 0 Å². The van der Waals surface area contributed by atoms with E-state index in [4.69, 9.17) is 13.0 Å². The van der Waals surface area contributed by atoms with Gasteiger partial charge in [0, 0.05) is 8.80 Å². The third kappa shape index (κ3) is 11.8. The van der Waals surface area contributed by atoms with Crippen molar-refractivity contribution in [1.29, 1.82) is 0 Å². The lowest BCUT2D eigenvalue weighted by Gasteiger charge is -1.97. The summed E-state index contributed by atoms with van der Waals surface area (Å²) < 4.78 is 57.5. The van der Waals surface area contributed by atoms with E-state index < -0.39 is 15.6 Å². The topological polar surface area (TPSA) is 54.4 Å². The maximum atomic E-state index is 10.7. The van der Waals surface area contributed by atoms with Gasteiger partial charge in [-0.2, -0.15) is 21.6 Å². The molecule has 0 aromatic heterocycles. The van der Waals surface area contributed by atoms with Gasteiger partial charge >= 0.3 is 15.6 Å². The molecule has 0 aromatic rings. The quantitative estimate of drug-likeness (QED) is 0.485. The average Bonchev–Trinajstić information content (AvgIpc) is 1.98. The predicted molar refractivity (Wildman–Crippen MR) is 56.2 cm³/mol. The molecule has 0 amide bonds. The summed E-state index contributed by atoms with van der Waals surface area (Å²) in [5.74, 6) is 0. The van der Waals surface area contributed by atoms with E-state index in [0.717, 1.165) is 0 Å². The van der Waals surface area contributed by atoms with E-state index >= 15 is 0 Å². The first kappa shape index (κ1) is 17.3. The largest absolute Gasteiger partial charge is 0.522 e. The van der Waals surface area contributed by atoms with Crippen molar-refractivity contribution in [2.24, 2.45) is 0 Å². The Labute approximate surface area is 90.0 Å². The molecule has 0 aliphatic carbocycles. The Balaban J connectivity index is 0. The molecule has 8 heteroatoms. The van der Waals surface area contributed by atoms with Gasteiger partial charge in [-0.05, 0) is 0 Å². The molecular formula is C7H17F3O3SSi. The van der Waals surface area contributed by atoms with Gasteiger partial charge in [0.1, 0.15) is 0 Å². The molecule has 0 saturated heterocycles. The van der Waals surface area contributed by atoms with Crippen LogP contribution in [0.25, 0.3) is 0 Å². The van der Waals surface area contributed by atoms with Gasteiger partial charge in [0.15, 0.2) is 0 Å². The number of rotatable bonds is 3. The van der Waals surface area contributed by atoms with Crippen LogP contribution in [0.1, 0.15) is 19.8 Å². The highest BCUT2D eigenvalue weighted by Gasteiger charge is 2.44. The minimum absolute atomic E-state index is 0.188. The van der Waals surface area contributed by atoms with Crippen LogP contribution in [0, 0.1) is 0 Å². The molecule has 0 fully saturated rings. The zero-order valence-corrected chi connectivity index (χ0v) is 11.0. The molecule has 0 unspecified atom stereocenters. The van der Waals surface area contributed by atoms with Crippen molar-refractivity contribution < 1.29 is 26.1 Å². The predicted octanol–water partition coefficient (Wildman–Crippen LogP) is 2.67. The minimum atomic E-state index is -5.84. The van der Waals surface area contributed by atoms with E-state index in [-0.39, 0.29) is 8.80 Å². The van der Waals surface area contributed by atoms with Gasteiger partial charge in [0.05, 0.1) is 0 Å². The highest BCUT2D eigenvalue weighted by molar-refractivity contribution is 7.86. The minimum Gasteiger partial charge on any atom is -0.279 e. The molecule has 0 aliphatic rings. The first-order valence-corrected chi connectivity index (χ1v) is 9.12. The normalized spacial score (nSPS) is 12.3. The third-order valence-corrected chi connectivity index (χ3v) is 3.58. The molecule has 0 heterocycles. The van der Waals surface area contributed by atoms with Crippen molar-refractivity contribution in [3.05, 3.63) is 0 Å². The maximum Gasteiger partial charge on any atom is 0.522 e. The summed E-state index contributed by atoms with van der Waals surface area (Å²) in [5.41, 5.74) is -5.53. The molecule has 0 atom stereocenters. The summed E-state index contributed by atoms with van der Waals surface area (Å²) in [6.07, 6.45) is 2.84. The monoisotopic (exact) mass is 266 g/mol. The molecule has 1 N–H and O–H groups in total. The van der Waals surface area contributed by atoms with Gasteiger partial charge in [-0.15, -0.1) is 0 Å². The van der Waals surface area contributed by atoms with Gasteiger partial charge in [0.25, 0.3) is 0 Å². The van der Waals surface area contributed by atoms with E-state index in [0.29, 0.717) is 0 Å². The Morgan fingerprint density at radius 3 is 1.67 bits per heavy atom. The Kier molecular flexibility index (Phi) is 8.35.